The lowest BCUT2D eigenvalue weighted by atomic mass is 10.0. The van der Waals surface area contributed by atoms with Gasteiger partial charge in [-0.3, -0.25) is 9.78 Å². The predicted octanol–water partition coefficient (Wildman–Crippen LogP) is 0.225. The zero-order valence-corrected chi connectivity index (χ0v) is 10.8. The van der Waals surface area contributed by atoms with Crippen molar-refractivity contribution in [2.24, 2.45) is 0 Å². The molecule has 1 aromatic heterocycles. The number of nitrogen functional groups attached to an aromatic ring is 1. The van der Waals surface area contributed by atoms with Gasteiger partial charge in [0.2, 0.25) is 0 Å². The normalized spacial score (nSPS) is 20.7. The van der Waals surface area contributed by atoms with E-state index in [2.05, 4.69) is 21.9 Å². The smallest absolute Gasteiger partial charge is 0.274 e. The molecule has 6 heteroatoms. The predicted molar refractivity (Wildman–Crippen MR) is 69.1 cm³/mol. The molecular formula is C12H19N5O. The van der Waals surface area contributed by atoms with Crippen LogP contribution in [0, 0.1) is 0 Å². The van der Waals surface area contributed by atoms with E-state index in [1.54, 1.807) is 4.90 Å². The number of piperidine rings is 1. The van der Waals surface area contributed by atoms with Crippen molar-refractivity contribution in [1.82, 2.24) is 19.8 Å². The first kappa shape index (κ1) is 12.8. The van der Waals surface area contributed by atoms with Crippen LogP contribution in [0.5, 0.6) is 0 Å². The Balaban J connectivity index is 2.08. The number of hydrogen-bond donors (Lipinski definition) is 1. The number of anilines is 1. The number of aromatic nitrogens is 2. The first-order chi connectivity index (χ1) is 8.58. The molecule has 1 amide bonds. The highest BCUT2D eigenvalue weighted by molar-refractivity contribution is 5.92. The van der Waals surface area contributed by atoms with E-state index in [-0.39, 0.29) is 17.8 Å². The van der Waals surface area contributed by atoms with Crippen molar-refractivity contribution in [1.29, 1.82) is 0 Å². The third-order valence-electron chi connectivity index (χ3n) is 3.34. The van der Waals surface area contributed by atoms with Crippen molar-refractivity contribution in [3.05, 3.63) is 18.1 Å². The summed E-state index contributed by atoms with van der Waals surface area (Å²) in [6, 6.07) is 0.236. The van der Waals surface area contributed by atoms with Gasteiger partial charge in [0.1, 0.15) is 11.5 Å². The highest BCUT2D eigenvalue weighted by atomic mass is 16.2. The molecule has 2 N–H and O–H groups in total. The Hall–Kier alpha value is -1.69. The first-order valence-electron chi connectivity index (χ1n) is 6.11. The zero-order valence-electron chi connectivity index (χ0n) is 10.8. The van der Waals surface area contributed by atoms with Gasteiger partial charge in [0.25, 0.3) is 5.91 Å². The van der Waals surface area contributed by atoms with Gasteiger partial charge in [-0.05, 0) is 26.4 Å². The quantitative estimate of drug-likeness (QED) is 0.811. The van der Waals surface area contributed by atoms with Gasteiger partial charge in [0, 0.05) is 19.6 Å². The summed E-state index contributed by atoms with van der Waals surface area (Å²) >= 11 is 0. The van der Waals surface area contributed by atoms with Crippen LogP contribution < -0.4 is 5.73 Å². The van der Waals surface area contributed by atoms with E-state index in [1.807, 2.05) is 7.05 Å². The Kier molecular flexibility index (Phi) is 3.76. The molecule has 1 aliphatic heterocycles. The third kappa shape index (κ3) is 2.76. The number of likely N-dealkylation sites (N-methyl/N-ethyl adjacent to an activating group) is 2. The molecule has 1 aromatic rings. The van der Waals surface area contributed by atoms with Gasteiger partial charge in [-0.25, -0.2) is 4.98 Å². The van der Waals surface area contributed by atoms with Crippen LogP contribution in [-0.4, -0.2) is 58.9 Å². The summed E-state index contributed by atoms with van der Waals surface area (Å²) in [6.45, 7) is 1.99. The second kappa shape index (κ2) is 5.30. The largest absolute Gasteiger partial charge is 0.382 e. The molecule has 6 nitrogen and oxygen atoms in total. The molecule has 1 saturated heterocycles. The van der Waals surface area contributed by atoms with Crippen molar-refractivity contribution in [3.8, 4) is 0 Å². The van der Waals surface area contributed by atoms with Crippen LogP contribution in [-0.2, 0) is 0 Å². The maximum atomic E-state index is 12.3. The molecule has 0 aliphatic carbocycles. The number of nitrogens with zero attached hydrogens (tertiary/aromatic N) is 4. The maximum Gasteiger partial charge on any atom is 0.274 e. The van der Waals surface area contributed by atoms with E-state index in [1.165, 1.54) is 12.4 Å². The minimum absolute atomic E-state index is 0.116. The van der Waals surface area contributed by atoms with Crippen molar-refractivity contribution >= 4 is 11.7 Å². The van der Waals surface area contributed by atoms with Gasteiger partial charge in [0.05, 0.1) is 12.4 Å². The number of carbonyl (C=O) groups excluding carboxylic acids is 1. The fourth-order valence-electron chi connectivity index (χ4n) is 2.29. The second-order valence-electron chi connectivity index (χ2n) is 4.80. The summed E-state index contributed by atoms with van der Waals surface area (Å²) in [5.74, 6) is 0.158. The molecule has 18 heavy (non-hydrogen) atoms. The van der Waals surface area contributed by atoms with Gasteiger partial charge >= 0.3 is 0 Å². The molecule has 98 valence electrons. The summed E-state index contributed by atoms with van der Waals surface area (Å²) in [5.41, 5.74) is 5.86. The lowest BCUT2D eigenvalue weighted by Gasteiger charge is -2.35. The minimum Gasteiger partial charge on any atom is -0.382 e. The summed E-state index contributed by atoms with van der Waals surface area (Å²) < 4.78 is 0. The van der Waals surface area contributed by atoms with Crippen LogP contribution in [0.3, 0.4) is 0 Å². The highest BCUT2D eigenvalue weighted by Gasteiger charge is 2.25. The molecule has 0 bridgehead atoms. The van der Waals surface area contributed by atoms with Crippen LogP contribution in [0.2, 0.25) is 0 Å². The van der Waals surface area contributed by atoms with Gasteiger partial charge in [-0.2, -0.15) is 0 Å². The highest BCUT2D eigenvalue weighted by Crippen LogP contribution is 2.15. The fourth-order valence-corrected chi connectivity index (χ4v) is 2.29. The summed E-state index contributed by atoms with van der Waals surface area (Å²) in [7, 11) is 3.89. The van der Waals surface area contributed by atoms with Gasteiger partial charge in [-0.1, -0.05) is 0 Å². The molecule has 1 unspecified atom stereocenters. The Morgan fingerprint density at radius 1 is 1.56 bits per heavy atom. The van der Waals surface area contributed by atoms with Crippen LogP contribution in [0.1, 0.15) is 23.3 Å². The molecule has 1 atom stereocenters. The number of rotatable bonds is 2. The number of likely N-dealkylation sites (tertiary alicyclic amines) is 1. The van der Waals surface area contributed by atoms with Gasteiger partial charge in [-0.15, -0.1) is 0 Å². The van der Waals surface area contributed by atoms with Crippen molar-refractivity contribution in [2.75, 3.05) is 32.9 Å². The molecule has 2 heterocycles. The van der Waals surface area contributed by atoms with E-state index in [4.69, 9.17) is 5.73 Å². The standard InChI is InChI=1S/C12H19N5O/c1-16-5-3-4-9(8-16)17(2)12(18)10-6-14-7-11(13)15-10/h6-7,9H,3-5,8H2,1-2H3,(H2,13,15). The average Bonchev–Trinajstić information content (AvgIpc) is 2.37. The molecule has 0 spiro atoms. The Morgan fingerprint density at radius 2 is 2.33 bits per heavy atom. The third-order valence-corrected chi connectivity index (χ3v) is 3.34. The number of amides is 1. The van der Waals surface area contributed by atoms with E-state index in [9.17, 15) is 4.79 Å². The lowest BCUT2D eigenvalue weighted by molar-refractivity contribution is 0.0638. The van der Waals surface area contributed by atoms with Crippen LogP contribution >= 0.6 is 0 Å². The molecule has 1 aliphatic rings. The van der Waals surface area contributed by atoms with Crippen LogP contribution in [0.15, 0.2) is 12.4 Å². The number of hydrogen-bond acceptors (Lipinski definition) is 5. The van der Waals surface area contributed by atoms with Crippen LogP contribution in [0.25, 0.3) is 0 Å². The Labute approximate surface area is 107 Å². The maximum absolute atomic E-state index is 12.3. The average molecular weight is 249 g/mol. The summed E-state index contributed by atoms with van der Waals surface area (Å²) in [4.78, 5) is 24.2. The number of nitrogens with two attached hydrogens (primary N) is 1. The Morgan fingerprint density at radius 3 is 3.00 bits per heavy atom. The SMILES string of the molecule is CN1CCCC(N(C)C(=O)c2cncc(N)n2)C1. The number of carbonyl (C=O) groups is 1. The molecule has 2 rings (SSSR count). The summed E-state index contributed by atoms with van der Waals surface area (Å²) in [5, 5.41) is 0. The van der Waals surface area contributed by atoms with Crippen molar-refractivity contribution < 1.29 is 4.79 Å². The van der Waals surface area contributed by atoms with Gasteiger partial charge < -0.3 is 15.5 Å². The topological polar surface area (TPSA) is 75.3 Å². The fraction of sp³-hybridized carbons (Fsp3) is 0.583. The second-order valence-corrected chi connectivity index (χ2v) is 4.80. The van der Waals surface area contributed by atoms with E-state index >= 15 is 0 Å². The first-order valence-corrected chi connectivity index (χ1v) is 6.11. The van der Waals surface area contributed by atoms with E-state index in [0.29, 0.717) is 5.69 Å². The van der Waals surface area contributed by atoms with Gasteiger partial charge in [0.15, 0.2) is 0 Å². The molecule has 1 fully saturated rings. The van der Waals surface area contributed by atoms with Crippen LogP contribution in [0.4, 0.5) is 5.82 Å². The molecule has 0 saturated carbocycles. The lowest BCUT2D eigenvalue weighted by Crippen LogP contribution is -2.47. The minimum atomic E-state index is -0.116. The Bertz CT molecular complexity index is 436. The monoisotopic (exact) mass is 249 g/mol. The summed E-state index contributed by atoms with van der Waals surface area (Å²) in [6.07, 6.45) is 5.04. The van der Waals surface area contributed by atoms with E-state index < -0.39 is 0 Å². The zero-order chi connectivity index (χ0) is 13.1. The van der Waals surface area contributed by atoms with Crippen molar-refractivity contribution in [3.63, 3.8) is 0 Å². The van der Waals surface area contributed by atoms with Crippen molar-refractivity contribution in [2.45, 2.75) is 18.9 Å². The molecular weight excluding hydrogens is 230 g/mol. The molecule has 0 radical (unpaired) electrons. The molecule has 0 aromatic carbocycles. The van der Waals surface area contributed by atoms with E-state index in [0.717, 1.165) is 25.9 Å².